The van der Waals surface area contributed by atoms with Gasteiger partial charge in [0.2, 0.25) is 5.91 Å². The van der Waals surface area contributed by atoms with Gasteiger partial charge in [-0.3, -0.25) is 13.8 Å². The number of allylic oxidation sites excluding steroid dienone is 17. The lowest BCUT2D eigenvalue weighted by Crippen LogP contribution is -2.45. The average Bonchev–Trinajstić information content (AvgIpc) is 3.12. The first-order chi connectivity index (χ1) is 26.0. The third-order valence-corrected chi connectivity index (χ3v) is 8.96. The van der Waals surface area contributed by atoms with E-state index in [1.165, 1.54) is 19.3 Å². The van der Waals surface area contributed by atoms with Crippen molar-refractivity contribution in [2.45, 2.75) is 129 Å². The van der Waals surface area contributed by atoms with Crippen molar-refractivity contribution < 1.29 is 32.9 Å². The Morgan fingerprint density at radius 2 is 1.11 bits per heavy atom. The van der Waals surface area contributed by atoms with Crippen LogP contribution in [0.3, 0.4) is 0 Å². The van der Waals surface area contributed by atoms with Crippen LogP contribution in [0.2, 0.25) is 0 Å². The predicted molar refractivity (Wildman–Crippen MR) is 230 cm³/mol. The van der Waals surface area contributed by atoms with E-state index >= 15 is 0 Å². The van der Waals surface area contributed by atoms with Gasteiger partial charge in [-0.2, -0.15) is 0 Å². The van der Waals surface area contributed by atoms with Gasteiger partial charge in [-0.25, -0.2) is 4.57 Å². The number of hydrogen-bond acceptors (Lipinski definition) is 5. The highest BCUT2D eigenvalue weighted by Crippen LogP contribution is 2.43. The molecule has 9 heteroatoms. The molecule has 306 valence electrons. The zero-order valence-corrected chi connectivity index (χ0v) is 35.3. The molecule has 0 heterocycles. The summed E-state index contributed by atoms with van der Waals surface area (Å²) in [4.78, 5) is 23.0. The molecule has 0 saturated carbocycles. The molecule has 0 radical (unpaired) electrons. The smallest absolute Gasteiger partial charge is 0.387 e. The average molecular weight is 772 g/mol. The Morgan fingerprint density at radius 3 is 1.63 bits per heavy atom. The highest BCUT2D eigenvalue weighted by atomic mass is 31.2. The van der Waals surface area contributed by atoms with Gasteiger partial charge >= 0.3 is 7.82 Å². The second-order valence-corrected chi connectivity index (χ2v) is 15.7. The van der Waals surface area contributed by atoms with Gasteiger partial charge in [0.25, 0.3) is 0 Å². The highest BCUT2D eigenvalue weighted by Gasteiger charge is 2.27. The molecule has 0 bridgehead atoms. The van der Waals surface area contributed by atoms with Crippen molar-refractivity contribution >= 4 is 13.7 Å². The largest absolute Gasteiger partial charge is 0.472 e. The van der Waals surface area contributed by atoms with Crippen molar-refractivity contribution in [1.82, 2.24) is 5.32 Å². The van der Waals surface area contributed by atoms with Crippen LogP contribution in [0, 0.1) is 0 Å². The minimum Gasteiger partial charge on any atom is -0.387 e. The van der Waals surface area contributed by atoms with Gasteiger partial charge in [0, 0.05) is 6.42 Å². The van der Waals surface area contributed by atoms with Crippen LogP contribution in [0.1, 0.15) is 117 Å². The Balaban J connectivity index is 4.54. The number of carbonyl (C=O) groups excluding carboxylic acids is 1. The molecule has 0 aliphatic carbocycles. The molecule has 0 rings (SSSR count). The van der Waals surface area contributed by atoms with E-state index in [4.69, 9.17) is 9.05 Å². The van der Waals surface area contributed by atoms with E-state index in [9.17, 15) is 19.4 Å². The molecule has 8 nitrogen and oxygen atoms in total. The Bertz CT molecular complexity index is 1240. The summed E-state index contributed by atoms with van der Waals surface area (Å²) in [5.41, 5.74) is 0. The van der Waals surface area contributed by atoms with Gasteiger partial charge in [0.15, 0.2) is 0 Å². The zero-order chi connectivity index (χ0) is 40.0. The molecule has 1 amide bonds. The number of quaternary nitrogens is 1. The van der Waals surface area contributed by atoms with Crippen LogP contribution < -0.4 is 5.32 Å². The third kappa shape index (κ3) is 37.5. The number of nitrogens with one attached hydrogen (secondary N) is 1. The summed E-state index contributed by atoms with van der Waals surface area (Å²) < 4.78 is 23.4. The number of nitrogens with zero attached hydrogens (tertiary/aromatic N) is 1. The summed E-state index contributed by atoms with van der Waals surface area (Å²) in [5.74, 6) is -0.254. The highest BCUT2D eigenvalue weighted by molar-refractivity contribution is 7.47. The first-order valence-electron chi connectivity index (χ1n) is 20.3. The molecule has 54 heavy (non-hydrogen) atoms. The Labute approximate surface area is 330 Å². The molecule has 0 aliphatic rings. The molecular formula is C45H76N2O6P+. The van der Waals surface area contributed by atoms with Crippen LogP contribution in [0.4, 0.5) is 0 Å². The van der Waals surface area contributed by atoms with Crippen molar-refractivity contribution in [2.75, 3.05) is 40.9 Å². The summed E-state index contributed by atoms with van der Waals surface area (Å²) in [7, 11) is 1.49. The molecule has 0 aliphatic heterocycles. The van der Waals surface area contributed by atoms with Crippen molar-refractivity contribution in [1.29, 1.82) is 0 Å². The summed E-state index contributed by atoms with van der Waals surface area (Å²) in [6.45, 7) is 4.53. The molecule has 0 fully saturated rings. The summed E-state index contributed by atoms with van der Waals surface area (Å²) in [6, 6.07) is -0.899. The minimum atomic E-state index is -4.36. The summed E-state index contributed by atoms with van der Waals surface area (Å²) >= 11 is 0. The van der Waals surface area contributed by atoms with Gasteiger partial charge in [-0.15, -0.1) is 0 Å². The maximum atomic E-state index is 12.8. The molecule has 0 aromatic rings. The number of rotatable bonds is 34. The standard InChI is InChI=1S/C45H75N2O6P/c1-6-8-10-12-14-16-17-18-19-20-21-22-23-24-25-26-27-28-29-31-33-35-37-39-45(49)46-43(42-53-54(50,51)52-41-40-47(3,4)5)44(48)38-36-34-32-30-15-13-11-9-7-2/h8,10,14-16,18-19,21-22,24-25,27-28,30-31,33,36,38,43-44,48H,6-7,9,11-13,17,20,23,26,29,32,34-35,37,39-42H2,1-5H3,(H-,46,49,50,51)/p+1/b10-8-,16-14-,19-18-,22-21-,25-24-,28-27-,30-15+,33-31-,38-36+. The Hall–Kier alpha value is -2.84. The number of aliphatic hydroxyl groups excluding tert-OH is 1. The van der Waals surface area contributed by atoms with E-state index in [1.807, 2.05) is 27.2 Å². The van der Waals surface area contributed by atoms with E-state index in [-0.39, 0.29) is 25.5 Å². The van der Waals surface area contributed by atoms with Crippen molar-refractivity contribution in [3.8, 4) is 0 Å². The molecule has 0 aromatic heterocycles. The van der Waals surface area contributed by atoms with Crippen LogP contribution in [-0.2, 0) is 18.4 Å². The monoisotopic (exact) mass is 772 g/mol. The van der Waals surface area contributed by atoms with Gasteiger partial charge < -0.3 is 19.8 Å². The zero-order valence-electron chi connectivity index (χ0n) is 34.4. The van der Waals surface area contributed by atoms with Gasteiger partial charge in [-0.1, -0.05) is 136 Å². The first-order valence-corrected chi connectivity index (χ1v) is 21.8. The number of unbranched alkanes of at least 4 members (excludes halogenated alkanes) is 5. The fourth-order valence-corrected chi connectivity index (χ4v) is 5.48. The number of hydrogen-bond donors (Lipinski definition) is 3. The fourth-order valence-electron chi connectivity index (χ4n) is 4.75. The van der Waals surface area contributed by atoms with E-state index in [0.29, 0.717) is 17.4 Å². The minimum absolute atomic E-state index is 0.0380. The van der Waals surface area contributed by atoms with Crippen molar-refractivity contribution in [2.24, 2.45) is 0 Å². The number of phosphoric ester groups is 1. The lowest BCUT2D eigenvalue weighted by atomic mass is 10.1. The number of phosphoric acid groups is 1. The van der Waals surface area contributed by atoms with Crippen molar-refractivity contribution in [3.05, 3.63) is 109 Å². The van der Waals surface area contributed by atoms with Gasteiger partial charge in [0.05, 0.1) is 39.9 Å². The van der Waals surface area contributed by atoms with Crippen LogP contribution in [-0.4, -0.2) is 73.4 Å². The predicted octanol–water partition coefficient (Wildman–Crippen LogP) is 11.0. The molecule has 0 aromatic carbocycles. The maximum absolute atomic E-state index is 12.8. The topological polar surface area (TPSA) is 105 Å². The molecule has 0 saturated heterocycles. The van der Waals surface area contributed by atoms with E-state index in [1.54, 1.807) is 6.08 Å². The second kappa shape index (κ2) is 35.8. The lowest BCUT2D eigenvalue weighted by molar-refractivity contribution is -0.870. The SMILES string of the molecule is CC/C=C\C/C=C\C/C=C\C/C=C\C/C=C\C/C=C\C/C=C\CCCC(=O)NC(COP(=O)(O)OCC[N+](C)(C)C)C(O)/C=C/CC/C=C/CCCCC. The number of likely N-dealkylation sites (N-methyl/N-ethyl adjacent to an activating group) is 1. The van der Waals surface area contributed by atoms with Gasteiger partial charge in [-0.05, 0) is 83.5 Å². The fraction of sp³-hybridized carbons (Fsp3) is 0.578. The Morgan fingerprint density at radius 1 is 0.648 bits per heavy atom. The van der Waals surface area contributed by atoms with Crippen LogP contribution >= 0.6 is 7.82 Å². The normalized spacial score (nSPS) is 15.6. The molecular weight excluding hydrogens is 695 g/mol. The second-order valence-electron chi connectivity index (χ2n) is 14.3. The van der Waals surface area contributed by atoms with E-state index in [2.05, 4.69) is 116 Å². The van der Waals surface area contributed by atoms with Crippen molar-refractivity contribution in [3.63, 3.8) is 0 Å². The number of carbonyl (C=O) groups is 1. The van der Waals surface area contributed by atoms with E-state index < -0.39 is 20.0 Å². The number of aliphatic hydroxyl groups is 1. The number of amides is 1. The van der Waals surface area contributed by atoms with Gasteiger partial charge in [0.1, 0.15) is 13.2 Å². The molecule has 3 atom stereocenters. The van der Waals surface area contributed by atoms with E-state index in [0.717, 1.165) is 70.6 Å². The van der Waals surface area contributed by atoms with Crippen LogP contribution in [0.25, 0.3) is 0 Å². The first kappa shape index (κ1) is 51.2. The third-order valence-electron chi connectivity index (χ3n) is 7.98. The molecule has 3 N–H and O–H groups in total. The summed E-state index contributed by atoms with van der Waals surface area (Å²) in [6.07, 6.45) is 51.8. The van der Waals surface area contributed by atoms with Crippen LogP contribution in [0.15, 0.2) is 109 Å². The quantitative estimate of drug-likeness (QED) is 0.0260. The lowest BCUT2D eigenvalue weighted by Gasteiger charge is -2.25. The Kier molecular flexibility index (Phi) is 34.0. The molecule has 0 spiro atoms. The molecule has 3 unspecified atom stereocenters. The maximum Gasteiger partial charge on any atom is 0.472 e. The summed E-state index contributed by atoms with van der Waals surface area (Å²) in [5, 5.41) is 13.6. The van der Waals surface area contributed by atoms with Crippen LogP contribution in [0.5, 0.6) is 0 Å².